The van der Waals surface area contributed by atoms with Crippen LogP contribution in [0.3, 0.4) is 0 Å². The van der Waals surface area contributed by atoms with Crippen LogP contribution in [-0.4, -0.2) is 22.4 Å². The summed E-state index contributed by atoms with van der Waals surface area (Å²) in [6, 6.07) is 2.76. The van der Waals surface area contributed by atoms with Gasteiger partial charge in [-0.25, -0.2) is 5.48 Å². The molecular weight excluding hydrogens is 303 g/mol. The second-order valence-corrected chi connectivity index (χ2v) is 4.17. The Bertz CT molecular complexity index is 810. The first-order valence-electron chi connectivity index (χ1n) is 5.82. The van der Waals surface area contributed by atoms with E-state index in [0.29, 0.717) is 0 Å². The number of halogens is 3. The second kappa shape index (κ2) is 5.85. The maximum absolute atomic E-state index is 12.6. The summed E-state index contributed by atoms with van der Waals surface area (Å²) in [4.78, 5) is 14.7. The van der Waals surface area contributed by atoms with E-state index in [1.165, 1.54) is 11.7 Å². The number of alkyl halides is 3. The molecule has 10 heteroatoms. The molecule has 0 spiro atoms. The quantitative estimate of drug-likeness (QED) is 0.378. The van der Waals surface area contributed by atoms with Crippen LogP contribution in [0.25, 0.3) is 10.9 Å². The summed E-state index contributed by atoms with van der Waals surface area (Å²) in [5, 5.41) is 15.2. The smallest absolute Gasteiger partial charge is 0.367 e. The summed E-state index contributed by atoms with van der Waals surface area (Å²) in [6.45, 7) is 0. The van der Waals surface area contributed by atoms with Crippen molar-refractivity contribution in [3.05, 3.63) is 45.7 Å². The van der Waals surface area contributed by atoms with E-state index in [0.717, 1.165) is 24.4 Å². The molecule has 2 aromatic rings. The normalized spacial score (nSPS) is 13.0. The van der Waals surface area contributed by atoms with Gasteiger partial charge in [0.2, 0.25) is 5.96 Å². The van der Waals surface area contributed by atoms with Crippen molar-refractivity contribution >= 4 is 23.1 Å². The van der Waals surface area contributed by atoms with Crippen LogP contribution in [0.5, 0.6) is 0 Å². The van der Waals surface area contributed by atoms with Crippen LogP contribution < -0.4 is 16.6 Å². The molecule has 0 fully saturated rings. The van der Waals surface area contributed by atoms with E-state index >= 15 is 0 Å². The minimum atomic E-state index is -4.49. The molecule has 7 nitrogen and oxygen atoms in total. The third-order valence-electron chi connectivity index (χ3n) is 2.71. The number of nitrogens with zero attached hydrogens (tertiary/aromatic N) is 2. The minimum absolute atomic E-state index is 0.0528. The summed E-state index contributed by atoms with van der Waals surface area (Å²) < 4.78 is 37.8. The molecule has 1 heterocycles. The average Bonchev–Trinajstić information content (AvgIpc) is 2.48. The topological polar surface area (TPSA) is 116 Å². The van der Waals surface area contributed by atoms with Crippen molar-refractivity contribution in [2.75, 3.05) is 0 Å². The monoisotopic (exact) mass is 313 g/mol. The zero-order valence-electron chi connectivity index (χ0n) is 10.8. The molecule has 0 bridgehead atoms. The number of fused-ring (bicyclic) bond motifs is 1. The third kappa shape index (κ3) is 3.23. The fourth-order valence-corrected chi connectivity index (χ4v) is 1.69. The number of hydrogen-bond donors (Lipinski definition) is 4. The number of H-pyrrole nitrogens is 1. The van der Waals surface area contributed by atoms with Crippen LogP contribution in [0.4, 0.5) is 13.2 Å². The van der Waals surface area contributed by atoms with Gasteiger partial charge in [-0.1, -0.05) is 0 Å². The molecule has 1 aromatic carbocycles. The number of aromatic amines is 1. The van der Waals surface area contributed by atoms with Gasteiger partial charge in [-0.3, -0.25) is 10.0 Å². The van der Waals surface area contributed by atoms with E-state index < -0.39 is 17.2 Å². The molecule has 116 valence electrons. The van der Waals surface area contributed by atoms with Crippen LogP contribution >= 0.6 is 0 Å². The van der Waals surface area contributed by atoms with Crippen molar-refractivity contribution < 1.29 is 18.4 Å². The third-order valence-corrected chi connectivity index (χ3v) is 2.71. The molecule has 0 aliphatic rings. The van der Waals surface area contributed by atoms with E-state index in [1.807, 2.05) is 0 Å². The number of benzene rings is 1. The lowest BCUT2D eigenvalue weighted by Gasteiger charge is -2.07. The number of rotatable bonds is 2. The fraction of sp³-hybridized carbons (Fsp3) is 0.0833. The van der Waals surface area contributed by atoms with Gasteiger partial charge in [0.1, 0.15) is 0 Å². The average molecular weight is 313 g/mol. The van der Waals surface area contributed by atoms with Crippen molar-refractivity contribution in [3.63, 3.8) is 0 Å². The number of aromatic nitrogens is 1. The molecule has 0 aliphatic heterocycles. The summed E-state index contributed by atoms with van der Waals surface area (Å²) >= 11 is 0. The standard InChI is InChI=1S/C12H10F3N5O2/c13-12(14,15)7-1-2-8-9(3-7)17-4-6(10(8)21)5-18-19-11(16)20-22/h1-5,22H,(H,17,21)(H3,16,19,20)/b18-5+. The van der Waals surface area contributed by atoms with Gasteiger partial charge in [-0.2, -0.15) is 18.3 Å². The molecule has 0 radical (unpaired) electrons. The van der Waals surface area contributed by atoms with E-state index in [1.54, 1.807) is 0 Å². The van der Waals surface area contributed by atoms with Gasteiger partial charge in [-0.15, -0.1) is 5.10 Å². The Morgan fingerprint density at radius 1 is 1.41 bits per heavy atom. The highest BCUT2D eigenvalue weighted by atomic mass is 19.4. The van der Waals surface area contributed by atoms with Gasteiger partial charge >= 0.3 is 6.18 Å². The first-order valence-corrected chi connectivity index (χ1v) is 5.82. The highest BCUT2D eigenvalue weighted by Crippen LogP contribution is 2.30. The van der Waals surface area contributed by atoms with Crippen molar-refractivity contribution in [3.8, 4) is 0 Å². The molecule has 1 aromatic heterocycles. The molecule has 0 atom stereocenters. The summed E-state index contributed by atoms with van der Waals surface area (Å²) in [6.07, 6.45) is -2.23. The van der Waals surface area contributed by atoms with Crippen molar-refractivity contribution in [1.29, 1.82) is 0 Å². The Morgan fingerprint density at radius 3 is 2.77 bits per heavy atom. The number of hydrogen-bond acceptors (Lipinski definition) is 4. The van der Waals surface area contributed by atoms with Crippen LogP contribution in [0, 0.1) is 0 Å². The summed E-state index contributed by atoms with van der Waals surface area (Å²) in [5.41, 5.74) is 5.39. The van der Waals surface area contributed by atoms with Gasteiger partial charge in [0.15, 0.2) is 5.43 Å². The van der Waals surface area contributed by atoms with Gasteiger partial charge < -0.3 is 10.7 Å². The highest BCUT2D eigenvalue weighted by molar-refractivity contribution is 5.88. The van der Waals surface area contributed by atoms with Gasteiger partial charge in [-0.05, 0) is 18.2 Å². The number of pyridine rings is 1. The molecule has 0 unspecified atom stereocenters. The Labute approximate surface area is 120 Å². The van der Waals surface area contributed by atoms with E-state index in [-0.39, 0.29) is 22.4 Å². The molecule has 2 rings (SSSR count). The SMILES string of the molecule is N/C(=N\N=C\c1c[nH]c2cc(C(F)(F)F)ccc2c1=O)NO. The first kappa shape index (κ1) is 15.5. The lowest BCUT2D eigenvalue weighted by Crippen LogP contribution is -2.27. The lowest BCUT2D eigenvalue weighted by molar-refractivity contribution is -0.137. The van der Waals surface area contributed by atoms with Crippen molar-refractivity contribution in [1.82, 2.24) is 10.5 Å². The second-order valence-electron chi connectivity index (χ2n) is 4.17. The molecule has 0 amide bonds. The Hall–Kier alpha value is -2.88. The van der Waals surface area contributed by atoms with E-state index in [9.17, 15) is 18.0 Å². The largest absolute Gasteiger partial charge is 0.416 e. The summed E-state index contributed by atoms with van der Waals surface area (Å²) in [5.74, 6) is -0.386. The highest BCUT2D eigenvalue weighted by Gasteiger charge is 2.30. The van der Waals surface area contributed by atoms with Crippen molar-refractivity contribution in [2.24, 2.45) is 15.9 Å². The van der Waals surface area contributed by atoms with Crippen LogP contribution in [0.2, 0.25) is 0 Å². The van der Waals surface area contributed by atoms with Crippen molar-refractivity contribution in [2.45, 2.75) is 6.18 Å². The lowest BCUT2D eigenvalue weighted by atomic mass is 10.1. The number of nitrogens with two attached hydrogens (primary N) is 1. The molecular formula is C12H10F3N5O2. The summed E-state index contributed by atoms with van der Waals surface area (Å²) in [7, 11) is 0. The zero-order chi connectivity index (χ0) is 16.3. The Balaban J connectivity index is 2.46. The molecule has 0 saturated carbocycles. The van der Waals surface area contributed by atoms with Gasteiger partial charge in [0.25, 0.3) is 0 Å². The van der Waals surface area contributed by atoms with Gasteiger partial charge in [0.05, 0.1) is 17.3 Å². The molecule has 5 N–H and O–H groups in total. The van der Waals surface area contributed by atoms with Gasteiger partial charge in [0, 0.05) is 17.1 Å². The molecule has 0 saturated heterocycles. The maximum Gasteiger partial charge on any atom is 0.416 e. The minimum Gasteiger partial charge on any atom is -0.367 e. The molecule has 22 heavy (non-hydrogen) atoms. The first-order chi connectivity index (χ1) is 10.3. The van der Waals surface area contributed by atoms with Crippen LogP contribution in [-0.2, 0) is 6.18 Å². The maximum atomic E-state index is 12.6. The van der Waals surface area contributed by atoms with E-state index in [4.69, 9.17) is 10.9 Å². The Kier molecular flexibility index (Phi) is 4.13. The molecule has 0 aliphatic carbocycles. The number of nitrogens with one attached hydrogen (secondary N) is 2. The van der Waals surface area contributed by atoms with Crippen LogP contribution in [0.1, 0.15) is 11.1 Å². The predicted molar refractivity (Wildman–Crippen MR) is 73.7 cm³/mol. The zero-order valence-corrected chi connectivity index (χ0v) is 10.8. The Morgan fingerprint density at radius 2 is 2.14 bits per heavy atom. The van der Waals surface area contributed by atoms with E-state index in [2.05, 4.69) is 15.2 Å². The predicted octanol–water partition coefficient (Wildman–Crippen LogP) is 1.17. The van der Waals surface area contributed by atoms with Crippen LogP contribution in [0.15, 0.2) is 39.4 Å². The fourth-order valence-electron chi connectivity index (χ4n) is 1.69. The number of hydroxylamine groups is 1. The number of guanidine groups is 1.